The average Bonchev–Trinajstić information content (AvgIpc) is 2.83. The summed E-state index contributed by atoms with van der Waals surface area (Å²) in [4.78, 5) is 6.57. The number of rotatable bonds is 5. The maximum atomic E-state index is 4.04. The van der Waals surface area contributed by atoms with E-state index >= 15 is 0 Å². The second-order valence-electron chi connectivity index (χ2n) is 4.51. The fraction of sp³-hybridized carbons (Fsp3) is 0.615. The zero-order valence-electron chi connectivity index (χ0n) is 10.0. The number of nitrogens with zero attached hydrogens (tertiary/aromatic N) is 2. The predicted molar refractivity (Wildman–Crippen MR) is 66.3 cm³/mol. The van der Waals surface area contributed by atoms with Crippen molar-refractivity contribution in [2.75, 3.05) is 26.2 Å². The van der Waals surface area contributed by atoms with Crippen LogP contribution in [0.4, 0.5) is 0 Å². The molecule has 1 N–H and O–H groups in total. The third kappa shape index (κ3) is 3.29. The van der Waals surface area contributed by atoms with E-state index in [1.807, 2.05) is 12.4 Å². The molecule has 0 radical (unpaired) electrons. The van der Waals surface area contributed by atoms with Crippen molar-refractivity contribution in [3.63, 3.8) is 0 Å². The molecule has 16 heavy (non-hydrogen) atoms. The van der Waals surface area contributed by atoms with E-state index in [4.69, 9.17) is 0 Å². The quantitative estimate of drug-likeness (QED) is 0.819. The highest BCUT2D eigenvalue weighted by Crippen LogP contribution is 2.10. The zero-order valence-corrected chi connectivity index (χ0v) is 10.0. The van der Waals surface area contributed by atoms with Crippen molar-refractivity contribution in [2.45, 2.75) is 25.8 Å². The van der Waals surface area contributed by atoms with Crippen LogP contribution in [0.3, 0.4) is 0 Å². The van der Waals surface area contributed by atoms with Gasteiger partial charge >= 0.3 is 0 Å². The Kier molecular flexibility index (Phi) is 4.31. The molecule has 2 heterocycles. The first-order chi connectivity index (χ1) is 7.86. The molecule has 0 saturated carbocycles. The largest absolute Gasteiger partial charge is 0.309 e. The Bertz CT molecular complexity index is 293. The maximum absolute atomic E-state index is 4.04. The van der Waals surface area contributed by atoms with Crippen LogP contribution in [-0.2, 0) is 0 Å². The Balaban J connectivity index is 1.69. The highest BCUT2D eigenvalue weighted by Gasteiger charge is 2.11. The maximum Gasteiger partial charge on any atom is 0.0293 e. The minimum Gasteiger partial charge on any atom is -0.309 e. The number of hydrogen-bond acceptors (Lipinski definition) is 3. The van der Waals surface area contributed by atoms with Crippen molar-refractivity contribution in [1.82, 2.24) is 15.2 Å². The first-order valence-electron chi connectivity index (χ1n) is 6.22. The minimum atomic E-state index is 0.422. The smallest absolute Gasteiger partial charge is 0.0293 e. The van der Waals surface area contributed by atoms with E-state index in [0.29, 0.717) is 6.04 Å². The van der Waals surface area contributed by atoms with Crippen molar-refractivity contribution in [1.29, 1.82) is 0 Å². The molecule has 0 amide bonds. The Morgan fingerprint density at radius 1 is 1.31 bits per heavy atom. The summed E-state index contributed by atoms with van der Waals surface area (Å²) in [5.74, 6) is 0. The van der Waals surface area contributed by atoms with Gasteiger partial charge in [0, 0.05) is 31.5 Å². The number of hydrogen-bond donors (Lipinski definition) is 1. The van der Waals surface area contributed by atoms with Gasteiger partial charge in [0.1, 0.15) is 0 Å². The summed E-state index contributed by atoms with van der Waals surface area (Å²) in [6.07, 6.45) is 6.46. The summed E-state index contributed by atoms with van der Waals surface area (Å²) >= 11 is 0. The van der Waals surface area contributed by atoms with Crippen LogP contribution >= 0.6 is 0 Å². The summed E-state index contributed by atoms with van der Waals surface area (Å²) < 4.78 is 0. The molecule has 1 atom stereocenters. The van der Waals surface area contributed by atoms with Gasteiger partial charge in [-0.2, -0.15) is 0 Å². The first-order valence-corrected chi connectivity index (χ1v) is 6.22. The molecule has 0 aromatic carbocycles. The monoisotopic (exact) mass is 219 g/mol. The van der Waals surface area contributed by atoms with Gasteiger partial charge in [-0.15, -0.1) is 0 Å². The number of nitrogens with one attached hydrogen (secondary N) is 1. The molecule has 1 aliphatic rings. The Morgan fingerprint density at radius 2 is 2.00 bits per heavy atom. The van der Waals surface area contributed by atoms with Crippen LogP contribution in [0, 0.1) is 0 Å². The average molecular weight is 219 g/mol. The van der Waals surface area contributed by atoms with Crippen LogP contribution in [0.15, 0.2) is 24.5 Å². The molecule has 0 spiro atoms. The van der Waals surface area contributed by atoms with Crippen molar-refractivity contribution in [2.24, 2.45) is 0 Å². The standard InChI is InChI=1S/C13H21N3/c1-12(13-4-6-14-7-5-13)15-8-11-16-9-2-3-10-16/h4-7,12,15H,2-3,8-11H2,1H3. The highest BCUT2D eigenvalue weighted by atomic mass is 15.1. The fourth-order valence-electron chi connectivity index (χ4n) is 2.22. The molecule has 88 valence electrons. The van der Waals surface area contributed by atoms with E-state index in [1.54, 1.807) is 0 Å². The topological polar surface area (TPSA) is 28.2 Å². The lowest BCUT2D eigenvalue weighted by atomic mass is 10.1. The van der Waals surface area contributed by atoms with E-state index in [0.717, 1.165) is 6.54 Å². The van der Waals surface area contributed by atoms with Crippen molar-refractivity contribution in [3.8, 4) is 0 Å². The molecule has 2 rings (SSSR count). The highest BCUT2D eigenvalue weighted by molar-refractivity contribution is 5.13. The van der Waals surface area contributed by atoms with Crippen LogP contribution in [0.2, 0.25) is 0 Å². The van der Waals surface area contributed by atoms with Gasteiger partial charge in [0.25, 0.3) is 0 Å². The van der Waals surface area contributed by atoms with Crippen LogP contribution in [-0.4, -0.2) is 36.1 Å². The normalized spacial score (nSPS) is 18.8. The van der Waals surface area contributed by atoms with Gasteiger partial charge in [-0.3, -0.25) is 4.98 Å². The van der Waals surface area contributed by atoms with Crippen molar-refractivity contribution < 1.29 is 0 Å². The number of aromatic nitrogens is 1. The Hall–Kier alpha value is -0.930. The van der Waals surface area contributed by atoms with Crippen LogP contribution in [0.1, 0.15) is 31.4 Å². The third-order valence-corrected chi connectivity index (χ3v) is 3.28. The fourth-order valence-corrected chi connectivity index (χ4v) is 2.22. The lowest BCUT2D eigenvalue weighted by Gasteiger charge is -2.18. The summed E-state index contributed by atoms with van der Waals surface area (Å²) in [6, 6.07) is 4.58. The molecule has 1 fully saturated rings. The lowest BCUT2D eigenvalue weighted by Crippen LogP contribution is -2.31. The van der Waals surface area contributed by atoms with Gasteiger partial charge in [-0.25, -0.2) is 0 Å². The van der Waals surface area contributed by atoms with E-state index in [2.05, 4.69) is 34.3 Å². The van der Waals surface area contributed by atoms with E-state index < -0.39 is 0 Å². The van der Waals surface area contributed by atoms with Crippen LogP contribution in [0.5, 0.6) is 0 Å². The second kappa shape index (κ2) is 5.97. The number of pyridine rings is 1. The molecule has 0 bridgehead atoms. The summed E-state index contributed by atoms with van der Waals surface area (Å²) in [7, 11) is 0. The van der Waals surface area contributed by atoms with Gasteiger partial charge in [-0.05, 0) is 50.6 Å². The van der Waals surface area contributed by atoms with E-state index in [-0.39, 0.29) is 0 Å². The summed E-state index contributed by atoms with van der Waals surface area (Å²) in [6.45, 7) is 7.02. The molecule has 1 aromatic rings. The van der Waals surface area contributed by atoms with Crippen molar-refractivity contribution in [3.05, 3.63) is 30.1 Å². The summed E-state index contributed by atoms with van der Waals surface area (Å²) in [5.41, 5.74) is 1.32. The zero-order chi connectivity index (χ0) is 11.2. The molecule has 3 heteroatoms. The molecule has 1 aromatic heterocycles. The van der Waals surface area contributed by atoms with Gasteiger partial charge in [-0.1, -0.05) is 0 Å². The number of likely N-dealkylation sites (tertiary alicyclic amines) is 1. The SMILES string of the molecule is CC(NCCN1CCCC1)c1ccncc1. The van der Waals surface area contributed by atoms with Crippen LogP contribution in [0.25, 0.3) is 0 Å². The third-order valence-electron chi connectivity index (χ3n) is 3.28. The molecule has 3 nitrogen and oxygen atoms in total. The summed E-state index contributed by atoms with van der Waals surface area (Å²) in [5, 5.41) is 3.56. The van der Waals surface area contributed by atoms with Gasteiger partial charge in [0.15, 0.2) is 0 Å². The molecule has 1 saturated heterocycles. The first kappa shape index (κ1) is 11.6. The van der Waals surface area contributed by atoms with Crippen LogP contribution < -0.4 is 5.32 Å². The van der Waals surface area contributed by atoms with E-state index in [1.165, 1.54) is 38.0 Å². The molecular weight excluding hydrogens is 198 g/mol. The second-order valence-corrected chi connectivity index (χ2v) is 4.51. The molecule has 0 aliphatic carbocycles. The van der Waals surface area contributed by atoms with Crippen molar-refractivity contribution >= 4 is 0 Å². The van der Waals surface area contributed by atoms with Gasteiger partial charge < -0.3 is 10.2 Å². The minimum absolute atomic E-state index is 0.422. The Morgan fingerprint density at radius 3 is 2.69 bits per heavy atom. The molecular formula is C13H21N3. The van der Waals surface area contributed by atoms with E-state index in [9.17, 15) is 0 Å². The van der Waals surface area contributed by atoms with Gasteiger partial charge in [0.05, 0.1) is 0 Å². The predicted octanol–water partition coefficient (Wildman–Crippen LogP) is 1.83. The Labute approximate surface area is 97.9 Å². The molecule has 1 aliphatic heterocycles. The lowest BCUT2D eigenvalue weighted by molar-refractivity contribution is 0.330. The molecule has 1 unspecified atom stereocenters. The van der Waals surface area contributed by atoms with Gasteiger partial charge in [0.2, 0.25) is 0 Å².